The van der Waals surface area contributed by atoms with Crippen molar-refractivity contribution in [3.8, 4) is 10.8 Å². The Hall–Kier alpha value is -1.99. The van der Waals surface area contributed by atoms with E-state index >= 15 is 0 Å². The number of hydrogen-bond acceptors (Lipinski definition) is 5. The van der Waals surface area contributed by atoms with Crippen molar-refractivity contribution >= 4 is 39.0 Å². The second kappa shape index (κ2) is 6.86. The predicted octanol–water partition coefficient (Wildman–Crippen LogP) is 4.84. The summed E-state index contributed by atoms with van der Waals surface area (Å²) in [5, 5.41) is 0.712. The summed E-state index contributed by atoms with van der Waals surface area (Å²) in [6.45, 7) is 6.18. The van der Waals surface area contributed by atoms with Gasteiger partial charge < -0.3 is 4.42 Å². The molecule has 0 atom stereocenters. The summed E-state index contributed by atoms with van der Waals surface area (Å²) in [5.41, 5.74) is 0.699. The molecule has 0 saturated carbocycles. The van der Waals surface area contributed by atoms with Crippen LogP contribution in [0, 0.1) is 13.8 Å². The number of amides is 1. The zero-order valence-electron chi connectivity index (χ0n) is 13.5. The molecule has 0 saturated heterocycles. The quantitative estimate of drug-likeness (QED) is 0.622. The minimum Gasteiger partial charge on any atom is -0.459 e. The van der Waals surface area contributed by atoms with Crippen LogP contribution >= 0.6 is 27.3 Å². The number of thiazole rings is 1. The second-order valence-corrected chi connectivity index (χ2v) is 7.14. The maximum Gasteiger partial charge on any atom is 0.271 e. The van der Waals surface area contributed by atoms with Crippen molar-refractivity contribution in [3.05, 3.63) is 51.3 Å². The van der Waals surface area contributed by atoms with Crippen molar-refractivity contribution in [1.29, 1.82) is 0 Å². The second-order valence-electron chi connectivity index (χ2n) is 5.23. The summed E-state index contributed by atoms with van der Waals surface area (Å²) in [6.07, 6.45) is 1.68. The molecule has 7 heteroatoms. The van der Waals surface area contributed by atoms with E-state index in [2.05, 4.69) is 25.9 Å². The lowest BCUT2D eigenvalue weighted by Gasteiger charge is -2.19. The zero-order valence-corrected chi connectivity index (χ0v) is 15.9. The molecular weight excluding hydrogens is 390 g/mol. The van der Waals surface area contributed by atoms with Crippen molar-refractivity contribution in [3.63, 3.8) is 0 Å². The highest BCUT2D eigenvalue weighted by molar-refractivity contribution is 9.10. The van der Waals surface area contributed by atoms with Gasteiger partial charge in [0.1, 0.15) is 16.5 Å². The number of aromatic nitrogens is 2. The Morgan fingerprint density at radius 3 is 2.67 bits per heavy atom. The van der Waals surface area contributed by atoms with Crippen LogP contribution in [0.1, 0.15) is 28.0 Å². The van der Waals surface area contributed by atoms with Gasteiger partial charge in [0.05, 0.1) is 5.69 Å². The van der Waals surface area contributed by atoms with E-state index in [1.807, 2.05) is 45.0 Å². The van der Waals surface area contributed by atoms with Crippen LogP contribution in [0.5, 0.6) is 0 Å². The third kappa shape index (κ3) is 3.27. The third-order valence-electron chi connectivity index (χ3n) is 3.49. The summed E-state index contributed by atoms with van der Waals surface area (Å²) in [4.78, 5) is 24.0. The molecule has 0 spiro atoms. The molecule has 0 aliphatic rings. The fourth-order valence-electron chi connectivity index (χ4n) is 2.31. The summed E-state index contributed by atoms with van der Waals surface area (Å²) in [5.74, 6) is 2.02. The Morgan fingerprint density at radius 2 is 2.08 bits per heavy atom. The number of halogens is 1. The first-order valence-corrected chi connectivity index (χ1v) is 9.08. The fraction of sp³-hybridized carbons (Fsp3) is 0.235. The predicted molar refractivity (Wildman–Crippen MR) is 98.6 cm³/mol. The monoisotopic (exact) mass is 405 g/mol. The van der Waals surface area contributed by atoms with E-state index in [4.69, 9.17) is 4.42 Å². The van der Waals surface area contributed by atoms with Crippen LogP contribution in [0.4, 0.5) is 5.82 Å². The summed E-state index contributed by atoms with van der Waals surface area (Å²) in [7, 11) is 0. The smallest absolute Gasteiger partial charge is 0.271 e. The highest BCUT2D eigenvalue weighted by Gasteiger charge is 2.23. The molecule has 3 heterocycles. The van der Waals surface area contributed by atoms with Gasteiger partial charge in [-0.1, -0.05) is 0 Å². The normalized spacial score (nSPS) is 10.8. The summed E-state index contributed by atoms with van der Waals surface area (Å²) < 4.78 is 6.48. The zero-order chi connectivity index (χ0) is 17.3. The third-order valence-corrected chi connectivity index (χ3v) is 5.12. The van der Waals surface area contributed by atoms with Crippen LogP contribution in [-0.2, 0) is 0 Å². The molecule has 0 unspecified atom stereocenters. The number of nitrogens with zero attached hydrogens (tertiary/aromatic N) is 3. The fourth-order valence-corrected chi connectivity index (χ4v) is 3.52. The van der Waals surface area contributed by atoms with E-state index in [0.29, 0.717) is 33.7 Å². The highest BCUT2D eigenvalue weighted by atomic mass is 79.9. The Kier molecular flexibility index (Phi) is 4.82. The van der Waals surface area contributed by atoms with Gasteiger partial charge >= 0.3 is 0 Å². The summed E-state index contributed by atoms with van der Waals surface area (Å²) in [6, 6.07) is 7.45. The van der Waals surface area contributed by atoms with Crippen molar-refractivity contribution in [2.45, 2.75) is 20.8 Å². The number of carbonyl (C=O) groups excluding carboxylic acids is 1. The Morgan fingerprint density at radius 1 is 1.29 bits per heavy atom. The number of anilines is 1. The van der Waals surface area contributed by atoms with E-state index < -0.39 is 0 Å². The van der Waals surface area contributed by atoms with Crippen molar-refractivity contribution in [2.24, 2.45) is 0 Å². The van der Waals surface area contributed by atoms with Crippen LogP contribution in [0.2, 0.25) is 0 Å². The van der Waals surface area contributed by atoms with Gasteiger partial charge in [0.15, 0.2) is 10.8 Å². The van der Waals surface area contributed by atoms with Crippen LogP contribution in [0.25, 0.3) is 10.8 Å². The maximum absolute atomic E-state index is 12.9. The average molecular weight is 406 g/mol. The molecule has 124 valence electrons. The maximum atomic E-state index is 12.9. The minimum absolute atomic E-state index is 0.100. The molecule has 3 aromatic heterocycles. The minimum atomic E-state index is -0.100. The van der Waals surface area contributed by atoms with Gasteiger partial charge in [0.2, 0.25) is 0 Å². The van der Waals surface area contributed by atoms with Gasteiger partial charge in [-0.15, -0.1) is 11.3 Å². The molecule has 0 aliphatic carbocycles. The number of pyridine rings is 1. The van der Waals surface area contributed by atoms with Crippen molar-refractivity contribution < 1.29 is 9.21 Å². The van der Waals surface area contributed by atoms with Gasteiger partial charge in [-0.05, 0) is 61.0 Å². The van der Waals surface area contributed by atoms with E-state index in [1.165, 1.54) is 11.3 Å². The Labute approximate surface area is 152 Å². The highest BCUT2D eigenvalue weighted by Crippen LogP contribution is 2.30. The molecule has 3 rings (SSSR count). The molecule has 0 radical (unpaired) electrons. The first-order chi connectivity index (χ1) is 11.5. The number of rotatable bonds is 4. The molecular formula is C17H16BrN3O2S. The van der Waals surface area contributed by atoms with Gasteiger partial charge in [-0.2, -0.15) is 0 Å². The summed E-state index contributed by atoms with van der Waals surface area (Å²) >= 11 is 4.70. The van der Waals surface area contributed by atoms with Crippen LogP contribution in [0.3, 0.4) is 0 Å². The van der Waals surface area contributed by atoms with Gasteiger partial charge in [0.25, 0.3) is 5.91 Å². The standard InChI is InChI=1S/C17H16BrN3O2S/c1-4-21(14-8-6-12(18)9-19-14)17(22)15-11(3)20-16(24-15)13-7-5-10(2)23-13/h5-9H,4H2,1-3H3. The van der Waals surface area contributed by atoms with Crippen LogP contribution < -0.4 is 4.90 Å². The molecule has 3 aromatic rings. The first kappa shape index (κ1) is 16.9. The van der Waals surface area contributed by atoms with Gasteiger partial charge in [0, 0.05) is 17.2 Å². The molecule has 1 amide bonds. The molecule has 0 fully saturated rings. The van der Waals surface area contributed by atoms with E-state index in [9.17, 15) is 4.79 Å². The molecule has 24 heavy (non-hydrogen) atoms. The molecule has 0 aromatic carbocycles. The number of carbonyl (C=O) groups is 1. The lowest BCUT2D eigenvalue weighted by molar-refractivity contribution is 0.0990. The average Bonchev–Trinajstić information content (AvgIpc) is 3.15. The SMILES string of the molecule is CCN(C(=O)c1sc(-c2ccc(C)o2)nc1C)c1ccc(Br)cn1. The van der Waals surface area contributed by atoms with Crippen LogP contribution in [0.15, 0.2) is 39.4 Å². The largest absolute Gasteiger partial charge is 0.459 e. The number of hydrogen-bond donors (Lipinski definition) is 0. The van der Waals surface area contributed by atoms with Crippen molar-refractivity contribution in [2.75, 3.05) is 11.4 Å². The first-order valence-electron chi connectivity index (χ1n) is 7.47. The van der Waals surface area contributed by atoms with E-state index in [-0.39, 0.29) is 5.91 Å². The Balaban J connectivity index is 1.93. The number of aryl methyl sites for hydroxylation is 2. The topological polar surface area (TPSA) is 59.2 Å². The number of furan rings is 1. The molecule has 0 N–H and O–H groups in total. The van der Waals surface area contributed by atoms with Gasteiger partial charge in [-0.3, -0.25) is 9.69 Å². The lowest BCUT2D eigenvalue weighted by atomic mass is 10.3. The van der Waals surface area contributed by atoms with E-state index in [0.717, 1.165) is 10.2 Å². The Bertz CT molecular complexity index is 870. The van der Waals surface area contributed by atoms with Gasteiger partial charge in [-0.25, -0.2) is 9.97 Å². The molecule has 5 nitrogen and oxygen atoms in total. The van der Waals surface area contributed by atoms with Crippen molar-refractivity contribution in [1.82, 2.24) is 9.97 Å². The van der Waals surface area contributed by atoms with E-state index in [1.54, 1.807) is 11.1 Å². The molecule has 0 bridgehead atoms. The lowest BCUT2D eigenvalue weighted by Crippen LogP contribution is -2.31. The molecule has 0 aliphatic heterocycles. The van der Waals surface area contributed by atoms with Crippen LogP contribution in [-0.4, -0.2) is 22.4 Å².